The molecule has 1 aliphatic carbocycles. The molecular weight excluding hydrogens is 504 g/mol. The Kier molecular flexibility index (Phi) is 5.96. The predicted octanol–water partition coefficient (Wildman–Crippen LogP) is 5.62. The Morgan fingerprint density at radius 3 is 2.67 bits per heavy atom. The van der Waals surface area contributed by atoms with Crippen LogP contribution in [0.4, 0.5) is 25.3 Å². The van der Waals surface area contributed by atoms with Crippen LogP contribution in [0, 0.1) is 11.6 Å². The smallest absolute Gasteiger partial charge is 0.410 e. The Labute approximate surface area is 224 Å². The molecular formula is C28H29F2N7O2. The summed E-state index contributed by atoms with van der Waals surface area (Å²) in [5, 5.41) is 8.05. The number of ether oxygens (including phenoxy) is 1. The van der Waals surface area contributed by atoms with Crippen molar-refractivity contribution in [1.82, 2.24) is 29.6 Å². The zero-order valence-corrected chi connectivity index (χ0v) is 22.3. The van der Waals surface area contributed by atoms with Gasteiger partial charge in [0.2, 0.25) is 5.95 Å². The van der Waals surface area contributed by atoms with Gasteiger partial charge >= 0.3 is 6.09 Å². The fourth-order valence-electron chi connectivity index (χ4n) is 4.96. The maximum absolute atomic E-state index is 15.0. The lowest BCUT2D eigenvalue weighted by Gasteiger charge is -2.30. The lowest BCUT2D eigenvalue weighted by molar-refractivity contribution is 0.0223. The Balaban J connectivity index is 1.25. The van der Waals surface area contributed by atoms with Crippen molar-refractivity contribution in [2.24, 2.45) is 7.05 Å². The summed E-state index contributed by atoms with van der Waals surface area (Å²) in [6.45, 7) is 6.40. The normalized spacial score (nSPS) is 15.4. The van der Waals surface area contributed by atoms with Crippen LogP contribution in [-0.2, 0) is 24.8 Å². The number of rotatable bonds is 4. The minimum Gasteiger partial charge on any atom is -0.444 e. The third kappa shape index (κ3) is 5.00. The molecule has 1 amide bonds. The standard InChI is InChI=1S/C28H29F2N7O2/c1-28(2,3)39-27(38)37-10-9-21-16(14-37)7-8-22(32-21)33-26-31-13-20(30)23(34-26)17-11-18-24(19(29)12-17)35-36(4)25(18)15-5-6-15/h7-8,11-13,15H,5-6,9-10,14H2,1-4H3,(H,31,32,33,34). The van der Waals surface area contributed by atoms with E-state index in [4.69, 9.17) is 4.74 Å². The molecule has 1 aromatic carbocycles. The number of pyridine rings is 1. The van der Waals surface area contributed by atoms with Crippen molar-refractivity contribution in [1.29, 1.82) is 0 Å². The first-order valence-corrected chi connectivity index (χ1v) is 13.0. The monoisotopic (exact) mass is 533 g/mol. The van der Waals surface area contributed by atoms with E-state index in [-0.39, 0.29) is 23.3 Å². The molecule has 1 fully saturated rings. The highest BCUT2D eigenvalue weighted by Gasteiger charge is 2.30. The highest BCUT2D eigenvalue weighted by Crippen LogP contribution is 2.44. The van der Waals surface area contributed by atoms with Crippen LogP contribution in [0.2, 0.25) is 0 Å². The number of nitrogens with zero attached hydrogens (tertiary/aromatic N) is 6. The number of anilines is 2. The number of fused-ring (bicyclic) bond motifs is 2. The van der Waals surface area contributed by atoms with E-state index < -0.39 is 17.2 Å². The average Bonchev–Trinajstić information content (AvgIpc) is 3.65. The van der Waals surface area contributed by atoms with Crippen LogP contribution in [-0.4, -0.2) is 47.9 Å². The quantitative estimate of drug-likeness (QED) is 0.364. The molecule has 4 heterocycles. The van der Waals surface area contributed by atoms with Crippen LogP contribution in [0.25, 0.3) is 22.2 Å². The van der Waals surface area contributed by atoms with Crippen molar-refractivity contribution < 1.29 is 18.3 Å². The molecule has 0 saturated heterocycles. The molecule has 1 aliphatic heterocycles. The molecule has 11 heteroatoms. The topological polar surface area (TPSA) is 98.1 Å². The second-order valence-electron chi connectivity index (χ2n) is 11.1. The number of halogens is 2. The molecule has 4 aromatic rings. The largest absolute Gasteiger partial charge is 0.444 e. The second kappa shape index (κ2) is 9.25. The summed E-state index contributed by atoms with van der Waals surface area (Å²) in [6, 6.07) is 6.65. The van der Waals surface area contributed by atoms with Gasteiger partial charge in [-0.15, -0.1) is 0 Å². The SMILES string of the molecule is Cn1nc2c(F)cc(-c3nc(Nc4ccc5c(n4)CCN(C(=O)OC(C)(C)C)C5)ncc3F)cc2c1C1CC1. The molecule has 39 heavy (non-hydrogen) atoms. The average molecular weight is 534 g/mol. The highest BCUT2D eigenvalue weighted by atomic mass is 19.1. The van der Waals surface area contributed by atoms with Crippen molar-refractivity contribution in [3.05, 3.63) is 59.0 Å². The van der Waals surface area contributed by atoms with E-state index in [1.807, 2.05) is 26.8 Å². The number of hydrogen-bond donors (Lipinski definition) is 1. The molecule has 0 atom stereocenters. The third-order valence-electron chi connectivity index (χ3n) is 6.86. The number of aryl methyl sites for hydroxylation is 1. The van der Waals surface area contributed by atoms with Gasteiger partial charge in [0.1, 0.15) is 22.6 Å². The van der Waals surface area contributed by atoms with Gasteiger partial charge in [-0.1, -0.05) is 6.07 Å². The number of carbonyl (C=O) groups excluding carboxylic acids is 1. The van der Waals surface area contributed by atoms with Gasteiger partial charge in [-0.25, -0.2) is 28.5 Å². The van der Waals surface area contributed by atoms with Crippen molar-refractivity contribution in [3.8, 4) is 11.3 Å². The number of nitrogens with one attached hydrogen (secondary N) is 1. The first-order chi connectivity index (χ1) is 18.6. The third-order valence-corrected chi connectivity index (χ3v) is 6.86. The van der Waals surface area contributed by atoms with Crippen molar-refractivity contribution in [3.63, 3.8) is 0 Å². The van der Waals surface area contributed by atoms with Gasteiger partial charge < -0.3 is 15.0 Å². The number of benzene rings is 1. The van der Waals surface area contributed by atoms with Crippen LogP contribution in [0.15, 0.2) is 30.5 Å². The van der Waals surface area contributed by atoms with Crippen LogP contribution in [0.1, 0.15) is 56.5 Å². The Morgan fingerprint density at radius 1 is 1.13 bits per heavy atom. The molecule has 1 saturated carbocycles. The molecule has 6 rings (SSSR count). The number of hydrogen-bond acceptors (Lipinski definition) is 7. The molecule has 3 aromatic heterocycles. The van der Waals surface area contributed by atoms with E-state index in [0.717, 1.165) is 36.0 Å². The fraction of sp³-hybridized carbons (Fsp3) is 0.393. The Hall–Kier alpha value is -4.15. The van der Waals surface area contributed by atoms with E-state index in [9.17, 15) is 9.18 Å². The second-order valence-corrected chi connectivity index (χ2v) is 11.1. The van der Waals surface area contributed by atoms with Gasteiger partial charge in [0, 0.05) is 48.3 Å². The summed E-state index contributed by atoms with van der Waals surface area (Å²) < 4.78 is 37.1. The van der Waals surface area contributed by atoms with E-state index in [1.54, 1.807) is 28.8 Å². The van der Waals surface area contributed by atoms with Gasteiger partial charge in [-0.3, -0.25) is 4.68 Å². The van der Waals surface area contributed by atoms with Gasteiger partial charge in [0.05, 0.1) is 12.7 Å². The lowest BCUT2D eigenvalue weighted by Crippen LogP contribution is -2.40. The van der Waals surface area contributed by atoms with Gasteiger partial charge in [0.25, 0.3) is 0 Å². The maximum Gasteiger partial charge on any atom is 0.410 e. The number of amides is 1. The van der Waals surface area contributed by atoms with Crippen molar-refractivity contribution in [2.75, 3.05) is 11.9 Å². The van der Waals surface area contributed by atoms with E-state index in [1.165, 1.54) is 6.07 Å². The van der Waals surface area contributed by atoms with Crippen molar-refractivity contribution >= 4 is 28.8 Å². The minimum absolute atomic E-state index is 0.00939. The first-order valence-electron chi connectivity index (χ1n) is 13.0. The Bertz CT molecular complexity index is 1610. The van der Waals surface area contributed by atoms with E-state index >= 15 is 4.39 Å². The molecule has 202 valence electrons. The summed E-state index contributed by atoms with van der Waals surface area (Å²) in [4.78, 5) is 27.2. The van der Waals surface area contributed by atoms with Crippen LogP contribution in [0.5, 0.6) is 0 Å². The van der Waals surface area contributed by atoms with Gasteiger partial charge in [-0.2, -0.15) is 5.10 Å². The van der Waals surface area contributed by atoms with Gasteiger partial charge in [-0.05, 0) is 57.4 Å². The fourth-order valence-corrected chi connectivity index (χ4v) is 4.96. The van der Waals surface area contributed by atoms with Crippen LogP contribution >= 0.6 is 0 Å². The molecule has 0 spiro atoms. The summed E-state index contributed by atoms with van der Waals surface area (Å²) >= 11 is 0. The summed E-state index contributed by atoms with van der Waals surface area (Å²) in [5.41, 5.74) is 2.75. The predicted molar refractivity (Wildman–Crippen MR) is 141 cm³/mol. The van der Waals surface area contributed by atoms with E-state index in [2.05, 4.69) is 25.4 Å². The zero-order valence-electron chi connectivity index (χ0n) is 22.3. The molecule has 1 N–H and O–H groups in total. The lowest BCUT2D eigenvalue weighted by atomic mass is 10.1. The molecule has 0 bridgehead atoms. The van der Waals surface area contributed by atoms with Crippen LogP contribution < -0.4 is 5.32 Å². The number of carbonyl (C=O) groups is 1. The highest BCUT2D eigenvalue weighted by molar-refractivity contribution is 5.87. The molecule has 9 nitrogen and oxygen atoms in total. The molecule has 2 aliphatic rings. The molecule has 0 unspecified atom stereocenters. The van der Waals surface area contributed by atoms with E-state index in [0.29, 0.717) is 42.2 Å². The first kappa shape index (κ1) is 25.1. The summed E-state index contributed by atoms with van der Waals surface area (Å²) in [5.74, 6) is -0.208. The summed E-state index contributed by atoms with van der Waals surface area (Å²) in [7, 11) is 1.81. The van der Waals surface area contributed by atoms with Crippen LogP contribution in [0.3, 0.4) is 0 Å². The zero-order chi connectivity index (χ0) is 27.5. The Morgan fingerprint density at radius 2 is 1.92 bits per heavy atom. The van der Waals surface area contributed by atoms with Gasteiger partial charge in [0.15, 0.2) is 11.6 Å². The number of aromatic nitrogens is 5. The molecule has 0 radical (unpaired) electrons. The van der Waals surface area contributed by atoms with Crippen molar-refractivity contribution in [2.45, 2.75) is 58.1 Å². The summed E-state index contributed by atoms with van der Waals surface area (Å²) in [6.07, 6.45) is 3.34. The maximum atomic E-state index is 15.0. The minimum atomic E-state index is -0.656.